The van der Waals surface area contributed by atoms with Crippen LogP contribution in [0.5, 0.6) is 5.75 Å². The molecule has 0 aliphatic rings. The van der Waals surface area contributed by atoms with Gasteiger partial charge >= 0.3 is 5.97 Å². The van der Waals surface area contributed by atoms with E-state index in [-0.39, 0.29) is 24.4 Å². The van der Waals surface area contributed by atoms with E-state index in [2.05, 4.69) is 15.5 Å². The minimum atomic E-state index is -0.442. The number of esters is 1. The van der Waals surface area contributed by atoms with Crippen LogP contribution in [0, 0.1) is 0 Å². The van der Waals surface area contributed by atoms with Gasteiger partial charge in [-0.15, -0.1) is 21.5 Å². The molecule has 3 aromatic rings. The lowest BCUT2D eigenvalue weighted by Gasteiger charge is -2.14. The normalized spacial score (nSPS) is 11.8. The predicted molar refractivity (Wildman–Crippen MR) is 131 cm³/mol. The van der Waals surface area contributed by atoms with Gasteiger partial charge in [0.25, 0.3) is 0 Å². The number of nitrogens with zero attached hydrogens (tertiary/aromatic N) is 3. The van der Waals surface area contributed by atoms with E-state index in [9.17, 15) is 9.59 Å². The molecule has 2 heterocycles. The lowest BCUT2D eigenvalue weighted by atomic mass is 10.2. The van der Waals surface area contributed by atoms with Crippen molar-refractivity contribution in [3.8, 4) is 5.75 Å². The number of ether oxygens (including phenoxy) is 2. The third-order valence-electron chi connectivity index (χ3n) is 4.55. The molecule has 3 rings (SSSR count). The van der Waals surface area contributed by atoms with Crippen molar-refractivity contribution in [1.82, 2.24) is 14.8 Å². The Hall–Kier alpha value is -2.56. The molecule has 1 amide bonds. The van der Waals surface area contributed by atoms with E-state index in [0.29, 0.717) is 32.3 Å². The molecule has 176 valence electrons. The number of carbonyl (C=O) groups is 2. The molecule has 0 bridgehead atoms. The van der Waals surface area contributed by atoms with Crippen LogP contribution >= 0.6 is 34.7 Å². The molecule has 0 spiro atoms. The Bertz CT molecular complexity index is 1130. The molecule has 8 nitrogen and oxygen atoms in total. The number of halogens is 1. The summed E-state index contributed by atoms with van der Waals surface area (Å²) in [6.45, 7) is 5.87. The minimum Gasteiger partial charge on any atom is -0.483 e. The van der Waals surface area contributed by atoms with Gasteiger partial charge in [0.15, 0.2) is 17.1 Å². The zero-order valence-electron chi connectivity index (χ0n) is 18.8. The number of hydrogen-bond donors (Lipinski definition) is 1. The van der Waals surface area contributed by atoms with Crippen LogP contribution in [0.3, 0.4) is 0 Å². The number of amides is 1. The molecule has 1 atom stereocenters. The predicted octanol–water partition coefficient (Wildman–Crippen LogP) is 5.14. The number of benzene rings is 1. The first-order valence-electron chi connectivity index (χ1n) is 10.4. The number of rotatable bonds is 10. The topological polar surface area (TPSA) is 95.3 Å². The van der Waals surface area contributed by atoms with Gasteiger partial charge in [-0.1, -0.05) is 36.4 Å². The van der Waals surface area contributed by atoms with Crippen molar-refractivity contribution in [2.24, 2.45) is 7.05 Å². The van der Waals surface area contributed by atoms with E-state index in [4.69, 9.17) is 21.1 Å². The highest BCUT2D eigenvalue weighted by Crippen LogP contribution is 2.30. The van der Waals surface area contributed by atoms with Crippen molar-refractivity contribution in [2.45, 2.75) is 38.5 Å². The van der Waals surface area contributed by atoms with E-state index in [1.807, 2.05) is 33.0 Å². The van der Waals surface area contributed by atoms with Crippen LogP contribution in [-0.2, 0) is 23.0 Å². The van der Waals surface area contributed by atoms with E-state index < -0.39 is 5.97 Å². The number of hydrogen-bond acceptors (Lipinski definition) is 8. The van der Waals surface area contributed by atoms with Crippen molar-refractivity contribution in [3.63, 3.8) is 0 Å². The van der Waals surface area contributed by atoms with Gasteiger partial charge in [-0.3, -0.25) is 4.79 Å². The summed E-state index contributed by atoms with van der Waals surface area (Å²) in [5, 5.41) is 12.9. The fraction of sp³-hybridized carbons (Fsp3) is 0.364. The highest BCUT2D eigenvalue weighted by atomic mass is 35.5. The molecule has 33 heavy (non-hydrogen) atoms. The summed E-state index contributed by atoms with van der Waals surface area (Å²) in [5.41, 5.74) is 0.380. The van der Waals surface area contributed by atoms with Gasteiger partial charge < -0.3 is 19.4 Å². The van der Waals surface area contributed by atoms with Gasteiger partial charge in [0.2, 0.25) is 5.91 Å². The van der Waals surface area contributed by atoms with Crippen molar-refractivity contribution in [3.05, 3.63) is 51.6 Å². The summed E-state index contributed by atoms with van der Waals surface area (Å²) in [6, 6.07) is 8.90. The molecule has 0 saturated heterocycles. The molecule has 11 heteroatoms. The lowest BCUT2D eigenvalue weighted by molar-refractivity contribution is -0.113. The van der Waals surface area contributed by atoms with Crippen LogP contribution in [-0.4, -0.2) is 39.0 Å². The maximum Gasteiger partial charge on any atom is 0.341 e. The smallest absolute Gasteiger partial charge is 0.341 e. The molecule has 0 fully saturated rings. The summed E-state index contributed by atoms with van der Waals surface area (Å²) < 4.78 is 12.8. The molecule has 2 aromatic heterocycles. The summed E-state index contributed by atoms with van der Waals surface area (Å²) in [7, 11) is 1.82. The van der Waals surface area contributed by atoms with Gasteiger partial charge in [0.1, 0.15) is 10.8 Å². The summed E-state index contributed by atoms with van der Waals surface area (Å²) in [6.07, 6.45) is 0.397. The van der Waals surface area contributed by atoms with Crippen molar-refractivity contribution in [1.29, 1.82) is 0 Å². The fourth-order valence-corrected chi connectivity index (χ4v) is 4.86. The number of thiophene rings is 1. The van der Waals surface area contributed by atoms with E-state index in [0.717, 1.165) is 11.3 Å². The summed E-state index contributed by atoms with van der Waals surface area (Å²) in [4.78, 5) is 25.8. The number of carbonyl (C=O) groups excluding carboxylic acids is 2. The van der Waals surface area contributed by atoms with E-state index in [1.165, 1.54) is 23.1 Å². The SMILES string of the molecule is CCOC(=O)c1cc(CC)sc1NC(=O)CSc1nnc(C(C)Oc2cccc(Cl)c2)n1C. The third-order valence-corrected chi connectivity index (χ3v) is 7.00. The Morgan fingerprint density at radius 3 is 2.76 bits per heavy atom. The number of aromatic nitrogens is 3. The molecule has 1 N–H and O–H groups in total. The van der Waals surface area contributed by atoms with Crippen LogP contribution in [0.2, 0.25) is 5.02 Å². The second-order valence-corrected chi connectivity index (χ2v) is 9.50. The molecule has 1 aromatic carbocycles. The molecular weight excluding hydrogens is 484 g/mol. The number of aryl methyl sites for hydroxylation is 1. The van der Waals surface area contributed by atoms with Crippen LogP contribution in [0.15, 0.2) is 35.5 Å². The minimum absolute atomic E-state index is 0.108. The number of nitrogens with one attached hydrogen (secondary N) is 1. The second-order valence-electron chi connectivity index (χ2n) is 6.98. The first-order valence-corrected chi connectivity index (χ1v) is 12.5. The number of thioether (sulfide) groups is 1. The zero-order valence-corrected chi connectivity index (χ0v) is 21.1. The average Bonchev–Trinajstić information content (AvgIpc) is 3.35. The van der Waals surface area contributed by atoms with Crippen molar-refractivity contribution >= 4 is 51.6 Å². The Labute approximate surface area is 205 Å². The Kier molecular flexibility index (Phi) is 8.76. The maximum atomic E-state index is 12.6. The van der Waals surface area contributed by atoms with Crippen LogP contribution < -0.4 is 10.1 Å². The first kappa shape index (κ1) is 25.1. The highest BCUT2D eigenvalue weighted by Gasteiger charge is 2.21. The van der Waals surface area contributed by atoms with Gasteiger partial charge in [0.05, 0.1) is 17.9 Å². The fourth-order valence-electron chi connectivity index (χ4n) is 2.97. The highest BCUT2D eigenvalue weighted by molar-refractivity contribution is 7.99. The first-order chi connectivity index (χ1) is 15.8. The maximum absolute atomic E-state index is 12.6. The van der Waals surface area contributed by atoms with Gasteiger partial charge in [-0.2, -0.15) is 0 Å². The van der Waals surface area contributed by atoms with Gasteiger partial charge in [-0.05, 0) is 44.5 Å². The quantitative estimate of drug-likeness (QED) is 0.299. The van der Waals surface area contributed by atoms with Crippen LogP contribution in [0.25, 0.3) is 0 Å². The third kappa shape index (κ3) is 6.49. The molecular formula is C22H25ClN4O4S2. The van der Waals surface area contributed by atoms with Crippen molar-refractivity contribution in [2.75, 3.05) is 17.7 Å². The monoisotopic (exact) mass is 508 g/mol. The van der Waals surface area contributed by atoms with E-state index >= 15 is 0 Å². The van der Waals surface area contributed by atoms with E-state index in [1.54, 1.807) is 29.7 Å². The molecule has 1 unspecified atom stereocenters. The largest absolute Gasteiger partial charge is 0.483 e. The van der Waals surface area contributed by atoms with Gasteiger partial charge in [-0.25, -0.2) is 4.79 Å². The molecule has 0 saturated carbocycles. The lowest BCUT2D eigenvalue weighted by Crippen LogP contribution is -2.16. The molecule has 0 aliphatic heterocycles. The van der Waals surface area contributed by atoms with Gasteiger partial charge in [0, 0.05) is 16.9 Å². The molecule has 0 radical (unpaired) electrons. The standard InChI is InChI=1S/C22H25ClN4O4S2/c1-5-16-11-17(21(29)30-6-2)20(33-16)24-18(28)12-32-22-26-25-19(27(22)4)13(3)31-15-9-7-8-14(23)10-15/h7-11,13H,5-6,12H2,1-4H3,(H,24,28). The second kappa shape index (κ2) is 11.5. The average molecular weight is 509 g/mol. The summed E-state index contributed by atoms with van der Waals surface area (Å²) in [5.74, 6) is 0.669. The Morgan fingerprint density at radius 1 is 1.27 bits per heavy atom. The summed E-state index contributed by atoms with van der Waals surface area (Å²) >= 11 is 8.63. The Morgan fingerprint density at radius 2 is 2.06 bits per heavy atom. The zero-order chi connectivity index (χ0) is 24.0. The Balaban J connectivity index is 1.62. The van der Waals surface area contributed by atoms with Crippen LogP contribution in [0.4, 0.5) is 5.00 Å². The molecule has 0 aliphatic carbocycles. The number of anilines is 1. The van der Waals surface area contributed by atoms with Crippen molar-refractivity contribution < 1.29 is 19.1 Å². The van der Waals surface area contributed by atoms with Crippen LogP contribution in [0.1, 0.15) is 47.9 Å².